The van der Waals surface area contributed by atoms with Crippen LogP contribution in [0, 0.1) is 0 Å². The molecule has 5 heteroatoms. The van der Waals surface area contributed by atoms with E-state index in [0.29, 0.717) is 5.02 Å². The first-order chi connectivity index (χ1) is 9.18. The van der Waals surface area contributed by atoms with E-state index in [9.17, 15) is 0 Å². The van der Waals surface area contributed by atoms with Gasteiger partial charge >= 0.3 is 0 Å². The molecule has 3 N–H and O–H groups in total. The van der Waals surface area contributed by atoms with Crippen molar-refractivity contribution >= 4 is 22.5 Å². The molecule has 0 bridgehead atoms. The Morgan fingerprint density at radius 3 is 2.84 bits per heavy atom. The largest absolute Gasteiger partial charge is 0.324 e. The van der Waals surface area contributed by atoms with Crippen molar-refractivity contribution in [2.45, 2.75) is 13.0 Å². The lowest BCUT2D eigenvalue weighted by molar-refractivity contribution is 0.815. The van der Waals surface area contributed by atoms with E-state index in [1.54, 1.807) is 12.4 Å². The topological polar surface area (TPSA) is 67.6 Å². The molecular weight excluding hydrogens is 260 g/mol. The van der Waals surface area contributed by atoms with Crippen LogP contribution in [0.25, 0.3) is 22.2 Å². The quantitative estimate of drug-likeness (QED) is 0.752. The Morgan fingerprint density at radius 2 is 2.16 bits per heavy atom. The van der Waals surface area contributed by atoms with E-state index in [4.69, 9.17) is 17.3 Å². The number of fused-ring (bicyclic) bond motifs is 1. The SMILES string of the molecule is CC(N)c1cnc2c(Cl)cccc2c1-c1ccn[nH]1. The molecular formula is C14H13ClN4. The van der Waals surface area contributed by atoms with Crippen molar-refractivity contribution in [3.05, 3.63) is 47.2 Å². The van der Waals surface area contributed by atoms with E-state index in [1.807, 2.05) is 31.2 Å². The van der Waals surface area contributed by atoms with Gasteiger partial charge in [-0.2, -0.15) is 5.10 Å². The highest BCUT2D eigenvalue weighted by Gasteiger charge is 2.15. The van der Waals surface area contributed by atoms with E-state index >= 15 is 0 Å². The van der Waals surface area contributed by atoms with E-state index in [2.05, 4.69) is 15.2 Å². The van der Waals surface area contributed by atoms with Crippen molar-refractivity contribution in [3.63, 3.8) is 0 Å². The van der Waals surface area contributed by atoms with Gasteiger partial charge in [0.15, 0.2) is 0 Å². The molecule has 0 aliphatic heterocycles. The zero-order chi connectivity index (χ0) is 13.4. The summed E-state index contributed by atoms with van der Waals surface area (Å²) in [6, 6.07) is 7.54. The second-order valence-corrected chi connectivity index (χ2v) is 4.89. The fourth-order valence-corrected chi connectivity index (χ4v) is 2.47. The zero-order valence-electron chi connectivity index (χ0n) is 10.4. The number of benzene rings is 1. The van der Waals surface area contributed by atoms with Gasteiger partial charge in [-0.3, -0.25) is 10.1 Å². The highest BCUT2D eigenvalue weighted by molar-refractivity contribution is 6.35. The maximum Gasteiger partial charge on any atom is 0.0895 e. The predicted molar refractivity (Wildman–Crippen MR) is 76.9 cm³/mol. The molecule has 0 saturated carbocycles. The fourth-order valence-electron chi connectivity index (χ4n) is 2.24. The van der Waals surface area contributed by atoms with Gasteiger partial charge in [0, 0.05) is 29.4 Å². The van der Waals surface area contributed by atoms with Gasteiger partial charge in [0.25, 0.3) is 0 Å². The smallest absolute Gasteiger partial charge is 0.0895 e. The Bertz CT molecular complexity index is 720. The van der Waals surface area contributed by atoms with Gasteiger partial charge in [-0.25, -0.2) is 0 Å². The molecule has 0 radical (unpaired) electrons. The lowest BCUT2D eigenvalue weighted by atomic mass is 9.97. The van der Waals surface area contributed by atoms with Crippen LogP contribution in [0.1, 0.15) is 18.5 Å². The van der Waals surface area contributed by atoms with Gasteiger partial charge in [0.2, 0.25) is 0 Å². The van der Waals surface area contributed by atoms with Crippen molar-refractivity contribution in [1.29, 1.82) is 0 Å². The standard InChI is InChI=1S/C14H13ClN4/c1-8(16)10-7-17-14-9(3-2-4-11(14)15)13(10)12-5-6-18-19-12/h2-8H,16H2,1H3,(H,18,19). The van der Waals surface area contributed by atoms with E-state index in [1.165, 1.54) is 0 Å². The number of nitrogens with zero attached hydrogens (tertiary/aromatic N) is 2. The summed E-state index contributed by atoms with van der Waals surface area (Å²) in [6.45, 7) is 1.94. The van der Waals surface area contributed by atoms with Crippen LogP contribution in [0.15, 0.2) is 36.7 Å². The van der Waals surface area contributed by atoms with E-state index < -0.39 is 0 Å². The zero-order valence-corrected chi connectivity index (χ0v) is 11.1. The number of hydrogen-bond acceptors (Lipinski definition) is 3. The number of rotatable bonds is 2. The molecule has 19 heavy (non-hydrogen) atoms. The van der Waals surface area contributed by atoms with Crippen LogP contribution < -0.4 is 5.73 Å². The minimum absolute atomic E-state index is 0.116. The molecule has 3 aromatic rings. The summed E-state index contributed by atoms with van der Waals surface area (Å²) in [6.07, 6.45) is 3.51. The van der Waals surface area contributed by atoms with Crippen LogP contribution in [0.2, 0.25) is 5.02 Å². The summed E-state index contributed by atoms with van der Waals surface area (Å²) in [5.74, 6) is 0. The number of nitrogens with one attached hydrogen (secondary N) is 1. The van der Waals surface area contributed by atoms with Crippen molar-refractivity contribution < 1.29 is 0 Å². The number of aromatic amines is 1. The third kappa shape index (κ3) is 1.99. The first kappa shape index (κ1) is 12.1. The van der Waals surface area contributed by atoms with Crippen LogP contribution in [-0.4, -0.2) is 15.2 Å². The summed E-state index contributed by atoms with van der Waals surface area (Å²) in [5.41, 5.74) is 9.72. The molecule has 0 amide bonds. The Kier molecular flexibility index (Phi) is 2.97. The average Bonchev–Trinajstić information content (AvgIpc) is 2.91. The maximum absolute atomic E-state index is 6.20. The molecule has 1 aromatic carbocycles. The molecule has 0 aliphatic carbocycles. The van der Waals surface area contributed by atoms with Gasteiger partial charge in [-0.15, -0.1) is 0 Å². The van der Waals surface area contributed by atoms with Gasteiger partial charge in [-0.05, 0) is 24.6 Å². The number of H-pyrrole nitrogens is 1. The van der Waals surface area contributed by atoms with Crippen LogP contribution in [0.5, 0.6) is 0 Å². The summed E-state index contributed by atoms with van der Waals surface area (Å²) in [7, 11) is 0. The Hall–Kier alpha value is -1.91. The molecule has 0 fully saturated rings. The second-order valence-electron chi connectivity index (χ2n) is 4.48. The van der Waals surface area contributed by atoms with Gasteiger partial charge in [0.1, 0.15) is 0 Å². The lowest BCUT2D eigenvalue weighted by Crippen LogP contribution is -2.08. The normalized spacial score (nSPS) is 12.8. The number of pyridine rings is 1. The van der Waals surface area contributed by atoms with Crippen molar-refractivity contribution in [2.24, 2.45) is 5.73 Å². The van der Waals surface area contributed by atoms with Crippen molar-refractivity contribution in [2.75, 3.05) is 0 Å². The number of nitrogens with two attached hydrogens (primary N) is 1. The molecule has 4 nitrogen and oxygen atoms in total. The monoisotopic (exact) mass is 272 g/mol. The Labute approximate surface area is 115 Å². The van der Waals surface area contributed by atoms with Crippen LogP contribution >= 0.6 is 11.6 Å². The first-order valence-corrected chi connectivity index (χ1v) is 6.38. The molecule has 0 saturated heterocycles. The molecule has 0 aliphatic rings. The molecule has 1 unspecified atom stereocenters. The minimum atomic E-state index is -0.116. The molecule has 3 rings (SSSR count). The highest BCUT2D eigenvalue weighted by atomic mass is 35.5. The van der Waals surface area contributed by atoms with Crippen LogP contribution in [-0.2, 0) is 0 Å². The Morgan fingerprint density at radius 1 is 1.32 bits per heavy atom. The van der Waals surface area contributed by atoms with Crippen molar-refractivity contribution in [1.82, 2.24) is 15.2 Å². The summed E-state index contributed by atoms with van der Waals surface area (Å²) < 4.78 is 0. The molecule has 2 aromatic heterocycles. The third-order valence-electron chi connectivity index (χ3n) is 3.14. The Balaban J connectivity index is 2.43. The number of aromatic nitrogens is 3. The minimum Gasteiger partial charge on any atom is -0.324 e. The molecule has 2 heterocycles. The summed E-state index contributed by atoms with van der Waals surface area (Å²) in [4.78, 5) is 4.43. The van der Waals surface area contributed by atoms with Gasteiger partial charge < -0.3 is 5.73 Å². The fraction of sp³-hybridized carbons (Fsp3) is 0.143. The molecule has 0 spiro atoms. The van der Waals surface area contributed by atoms with Gasteiger partial charge in [0.05, 0.1) is 16.2 Å². The van der Waals surface area contributed by atoms with Gasteiger partial charge in [-0.1, -0.05) is 23.7 Å². The van der Waals surface area contributed by atoms with Crippen LogP contribution in [0.3, 0.4) is 0 Å². The highest BCUT2D eigenvalue weighted by Crippen LogP contribution is 2.34. The predicted octanol–water partition coefficient (Wildman–Crippen LogP) is 3.30. The van der Waals surface area contributed by atoms with Crippen LogP contribution in [0.4, 0.5) is 0 Å². The first-order valence-electron chi connectivity index (χ1n) is 6.01. The average molecular weight is 273 g/mol. The summed E-state index contributed by atoms with van der Waals surface area (Å²) in [5, 5.41) is 8.61. The number of para-hydroxylation sites is 1. The number of halogens is 1. The maximum atomic E-state index is 6.20. The summed E-state index contributed by atoms with van der Waals surface area (Å²) >= 11 is 6.20. The third-order valence-corrected chi connectivity index (χ3v) is 3.44. The second kappa shape index (κ2) is 4.64. The van der Waals surface area contributed by atoms with E-state index in [-0.39, 0.29) is 6.04 Å². The lowest BCUT2D eigenvalue weighted by Gasteiger charge is -2.14. The van der Waals surface area contributed by atoms with E-state index in [0.717, 1.165) is 27.7 Å². The number of hydrogen-bond donors (Lipinski definition) is 2. The van der Waals surface area contributed by atoms with Crippen molar-refractivity contribution in [3.8, 4) is 11.3 Å². The molecule has 96 valence electrons. The molecule has 1 atom stereocenters.